The highest BCUT2D eigenvalue weighted by molar-refractivity contribution is 5.87. The van der Waals surface area contributed by atoms with Gasteiger partial charge in [-0.05, 0) is 75.4 Å². The van der Waals surface area contributed by atoms with E-state index in [-0.39, 0.29) is 5.41 Å². The lowest BCUT2D eigenvalue weighted by Gasteiger charge is -2.47. The molecule has 0 radical (unpaired) electrons. The first-order valence-electron chi connectivity index (χ1n) is 13.5. The fourth-order valence-corrected chi connectivity index (χ4v) is 5.79. The number of hydrogen-bond acceptors (Lipinski definition) is 4. The van der Waals surface area contributed by atoms with Crippen molar-refractivity contribution in [1.29, 1.82) is 0 Å². The number of nitrogens with two attached hydrogens (primary N) is 1. The molecule has 4 fully saturated rings. The molecule has 36 heavy (non-hydrogen) atoms. The van der Waals surface area contributed by atoms with Crippen LogP contribution < -0.4 is 16.4 Å². The molecule has 198 valence electrons. The second-order valence-corrected chi connectivity index (χ2v) is 11.6. The van der Waals surface area contributed by atoms with Gasteiger partial charge in [-0.1, -0.05) is 30.3 Å². The maximum Gasteiger partial charge on any atom is 0.318 e. The van der Waals surface area contributed by atoms with Crippen LogP contribution in [-0.4, -0.2) is 71.6 Å². The molecule has 2 aliphatic heterocycles. The highest BCUT2D eigenvalue weighted by atomic mass is 19.3. The van der Waals surface area contributed by atoms with Crippen LogP contribution in [0.15, 0.2) is 30.3 Å². The fourth-order valence-electron chi connectivity index (χ4n) is 5.79. The van der Waals surface area contributed by atoms with Crippen molar-refractivity contribution in [2.24, 2.45) is 11.1 Å². The third-order valence-corrected chi connectivity index (χ3v) is 8.62. The topological polar surface area (TPSA) is 90.7 Å². The first kappa shape index (κ1) is 25.4. The molecule has 2 aliphatic carbocycles. The number of hydrogen-bond donors (Lipinski definition) is 3. The zero-order valence-electron chi connectivity index (χ0n) is 21.0. The highest BCUT2D eigenvalue weighted by Gasteiger charge is 2.45. The van der Waals surface area contributed by atoms with Crippen LogP contribution in [0.1, 0.15) is 63.4 Å². The summed E-state index contributed by atoms with van der Waals surface area (Å²) in [6.07, 6.45) is 6.76. The van der Waals surface area contributed by atoms with E-state index in [1.54, 1.807) is 35.2 Å². The van der Waals surface area contributed by atoms with Gasteiger partial charge in [0.15, 0.2) is 0 Å². The van der Waals surface area contributed by atoms with E-state index >= 15 is 8.78 Å². The van der Waals surface area contributed by atoms with Crippen molar-refractivity contribution in [3.63, 3.8) is 0 Å². The van der Waals surface area contributed by atoms with Gasteiger partial charge in [0, 0.05) is 32.0 Å². The van der Waals surface area contributed by atoms with Gasteiger partial charge in [-0.25, -0.2) is 13.6 Å². The van der Waals surface area contributed by atoms with Crippen molar-refractivity contribution in [3.8, 4) is 0 Å². The summed E-state index contributed by atoms with van der Waals surface area (Å²) >= 11 is 0. The first-order valence-corrected chi connectivity index (χ1v) is 13.5. The van der Waals surface area contributed by atoms with Crippen molar-refractivity contribution in [3.05, 3.63) is 35.9 Å². The van der Waals surface area contributed by atoms with Crippen molar-refractivity contribution in [2.75, 3.05) is 26.2 Å². The van der Waals surface area contributed by atoms with E-state index in [0.29, 0.717) is 31.5 Å². The maximum absolute atomic E-state index is 15.0. The summed E-state index contributed by atoms with van der Waals surface area (Å²) < 4.78 is 30.0. The minimum atomic E-state index is -3.16. The molecule has 2 saturated heterocycles. The maximum atomic E-state index is 15.0. The van der Waals surface area contributed by atoms with E-state index in [1.807, 2.05) is 0 Å². The van der Waals surface area contributed by atoms with E-state index in [0.717, 1.165) is 44.8 Å². The van der Waals surface area contributed by atoms with E-state index in [2.05, 4.69) is 15.5 Å². The Hall–Kier alpha value is -2.26. The standard InChI is InChI=1S/C27H39F2N5O2/c28-26(29,18-20-4-2-1-3-5-20)19-22(23(35)32-27(30)8-9-27)31-24(36)34-16-12-25(13-17-34)10-14-33(15-11-25)21-6-7-21/h1-5,21-22H,6-19,30H2,(H,31,36)(H,32,35)/t22-/m0/s1. The average Bonchev–Trinajstić information content (AvgIpc) is 3.78. The van der Waals surface area contributed by atoms with Crippen molar-refractivity contribution >= 4 is 11.9 Å². The number of carbonyl (C=O) groups excluding carboxylic acids is 2. The van der Waals surface area contributed by atoms with Crippen LogP contribution in [0.2, 0.25) is 0 Å². The minimum Gasteiger partial charge on any atom is -0.336 e. The van der Waals surface area contributed by atoms with Gasteiger partial charge < -0.3 is 26.2 Å². The van der Waals surface area contributed by atoms with Gasteiger partial charge in [-0.15, -0.1) is 0 Å². The summed E-state index contributed by atoms with van der Waals surface area (Å²) in [5.41, 5.74) is 5.93. The zero-order chi connectivity index (χ0) is 25.4. The number of carbonyl (C=O) groups is 2. The molecule has 3 amide bonds. The number of piperidine rings is 2. The number of nitrogens with one attached hydrogen (secondary N) is 2. The lowest BCUT2D eigenvalue weighted by atomic mass is 9.71. The van der Waals surface area contributed by atoms with Crippen LogP contribution >= 0.6 is 0 Å². The Morgan fingerprint density at radius 2 is 1.61 bits per heavy atom. The molecule has 5 rings (SSSR count). The first-order chi connectivity index (χ1) is 17.1. The molecular formula is C27H39F2N5O2. The molecule has 1 spiro atoms. The Labute approximate surface area is 212 Å². The molecule has 4 N–H and O–H groups in total. The van der Waals surface area contributed by atoms with Crippen molar-refractivity contribution < 1.29 is 18.4 Å². The number of alkyl halides is 2. The van der Waals surface area contributed by atoms with Gasteiger partial charge >= 0.3 is 6.03 Å². The molecule has 4 aliphatic rings. The van der Waals surface area contributed by atoms with Gasteiger partial charge in [0.1, 0.15) is 6.04 Å². The number of urea groups is 1. The summed E-state index contributed by atoms with van der Waals surface area (Å²) in [6.45, 7) is 3.45. The Kier molecular flexibility index (Phi) is 6.98. The molecule has 1 aromatic rings. The summed E-state index contributed by atoms with van der Waals surface area (Å²) in [5, 5.41) is 5.29. The number of nitrogens with zero attached hydrogens (tertiary/aromatic N) is 2. The monoisotopic (exact) mass is 503 g/mol. The van der Waals surface area contributed by atoms with E-state index in [9.17, 15) is 9.59 Å². The molecular weight excluding hydrogens is 464 g/mol. The predicted octanol–water partition coefficient (Wildman–Crippen LogP) is 3.24. The van der Waals surface area contributed by atoms with Crippen LogP contribution in [0.4, 0.5) is 13.6 Å². The second-order valence-electron chi connectivity index (χ2n) is 11.6. The number of likely N-dealkylation sites (tertiary alicyclic amines) is 2. The lowest BCUT2D eigenvalue weighted by Crippen LogP contribution is -2.58. The molecule has 2 heterocycles. The zero-order valence-corrected chi connectivity index (χ0v) is 21.0. The SMILES string of the molecule is NC1(NC(=O)[C@H](CC(F)(F)Cc2ccccc2)NC(=O)N2CCC3(CC2)CCN(C2CC2)CC3)CC1. The van der Waals surface area contributed by atoms with E-state index < -0.39 is 42.4 Å². The number of amides is 3. The Bertz CT molecular complexity index is 933. The minimum absolute atomic E-state index is 0.277. The summed E-state index contributed by atoms with van der Waals surface area (Å²) in [4.78, 5) is 30.3. The average molecular weight is 504 g/mol. The molecule has 2 saturated carbocycles. The van der Waals surface area contributed by atoms with E-state index in [4.69, 9.17) is 5.73 Å². The van der Waals surface area contributed by atoms with Gasteiger partial charge in [0.05, 0.1) is 5.66 Å². The summed E-state index contributed by atoms with van der Waals surface area (Å²) in [7, 11) is 0. The second kappa shape index (κ2) is 9.89. The molecule has 9 heteroatoms. The number of rotatable bonds is 8. The smallest absolute Gasteiger partial charge is 0.318 e. The van der Waals surface area contributed by atoms with Crippen LogP contribution in [0.3, 0.4) is 0 Å². The Morgan fingerprint density at radius 3 is 2.19 bits per heavy atom. The highest BCUT2D eigenvalue weighted by Crippen LogP contribution is 2.43. The Balaban J connectivity index is 1.18. The largest absolute Gasteiger partial charge is 0.336 e. The number of halogens is 2. The molecule has 1 atom stereocenters. The van der Waals surface area contributed by atoms with Gasteiger partial charge in [0.25, 0.3) is 5.92 Å². The predicted molar refractivity (Wildman–Crippen MR) is 133 cm³/mol. The van der Waals surface area contributed by atoms with Crippen molar-refractivity contribution in [2.45, 2.75) is 87.9 Å². The molecule has 7 nitrogen and oxygen atoms in total. The van der Waals surface area contributed by atoms with Crippen LogP contribution in [0.5, 0.6) is 0 Å². The molecule has 0 bridgehead atoms. The molecule has 0 aromatic heterocycles. The van der Waals surface area contributed by atoms with Gasteiger partial charge in [-0.2, -0.15) is 0 Å². The van der Waals surface area contributed by atoms with Crippen LogP contribution in [0, 0.1) is 5.41 Å². The summed E-state index contributed by atoms with van der Waals surface area (Å²) in [5.74, 6) is -3.80. The van der Waals surface area contributed by atoms with Crippen molar-refractivity contribution in [1.82, 2.24) is 20.4 Å². The third-order valence-electron chi connectivity index (χ3n) is 8.62. The van der Waals surface area contributed by atoms with E-state index in [1.165, 1.54) is 12.8 Å². The normalized spacial score (nSPS) is 24.2. The number of benzene rings is 1. The van der Waals surface area contributed by atoms with Gasteiger partial charge in [-0.3, -0.25) is 4.79 Å². The Morgan fingerprint density at radius 1 is 1.00 bits per heavy atom. The molecule has 1 aromatic carbocycles. The van der Waals surface area contributed by atoms with Crippen LogP contribution in [0.25, 0.3) is 0 Å². The summed E-state index contributed by atoms with van der Waals surface area (Å²) in [6, 6.07) is 7.46. The quantitative estimate of drug-likeness (QED) is 0.475. The molecule has 0 unspecified atom stereocenters. The fraction of sp³-hybridized carbons (Fsp3) is 0.704. The third kappa shape index (κ3) is 6.35. The lowest BCUT2D eigenvalue weighted by molar-refractivity contribution is -0.126. The van der Waals surface area contributed by atoms with Gasteiger partial charge in [0.2, 0.25) is 5.91 Å². The van der Waals surface area contributed by atoms with Crippen LogP contribution in [-0.2, 0) is 11.2 Å².